The fourth-order valence-corrected chi connectivity index (χ4v) is 1.43. The Kier molecular flexibility index (Phi) is 13.5. The number of aliphatic hydroxyl groups is 1. The average molecular weight is 371 g/mol. The number of guanidine groups is 1. The van der Waals surface area contributed by atoms with E-state index in [1.54, 1.807) is 0 Å². The normalized spacial score (nSPS) is 11.9. The molecule has 3 N–H and O–H groups in total. The van der Waals surface area contributed by atoms with E-state index in [1.807, 2.05) is 20.8 Å². The van der Waals surface area contributed by atoms with Crippen molar-refractivity contribution in [2.45, 2.75) is 59.0 Å². The third kappa shape index (κ3) is 8.97. The van der Waals surface area contributed by atoms with Crippen LogP contribution in [0.3, 0.4) is 0 Å². The number of rotatable bonds is 8. The van der Waals surface area contributed by atoms with Gasteiger partial charge >= 0.3 is 0 Å². The molecule has 0 saturated carbocycles. The van der Waals surface area contributed by atoms with E-state index in [9.17, 15) is 5.11 Å². The molecule has 0 aliphatic heterocycles. The van der Waals surface area contributed by atoms with Gasteiger partial charge in [0.1, 0.15) is 0 Å². The van der Waals surface area contributed by atoms with Crippen LogP contribution in [0.15, 0.2) is 4.99 Å². The summed E-state index contributed by atoms with van der Waals surface area (Å²) in [6, 6.07) is 0. The maximum Gasteiger partial charge on any atom is 0.191 e. The topological polar surface area (TPSA) is 56.7 Å². The van der Waals surface area contributed by atoms with Crippen LogP contribution in [0.25, 0.3) is 0 Å². The fourth-order valence-electron chi connectivity index (χ4n) is 1.43. The minimum absolute atomic E-state index is 0. The Morgan fingerprint density at radius 2 is 1.72 bits per heavy atom. The molecule has 0 fully saturated rings. The van der Waals surface area contributed by atoms with Crippen molar-refractivity contribution in [3.05, 3.63) is 0 Å². The smallest absolute Gasteiger partial charge is 0.191 e. The number of nitrogens with zero attached hydrogens (tertiary/aromatic N) is 1. The lowest BCUT2D eigenvalue weighted by atomic mass is 9.98. The molecule has 0 atom stereocenters. The van der Waals surface area contributed by atoms with Gasteiger partial charge in [-0.15, -0.1) is 24.0 Å². The lowest BCUT2D eigenvalue weighted by molar-refractivity contribution is 0.0418. The summed E-state index contributed by atoms with van der Waals surface area (Å²) in [4.78, 5) is 4.44. The van der Waals surface area contributed by atoms with E-state index in [4.69, 9.17) is 0 Å². The second-order valence-electron chi connectivity index (χ2n) is 4.41. The highest BCUT2D eigenvalue weighted by Gasteiger charge is 2.21. The summed E-state index contributed by atoms with van der Waals surface area (Å²) < 4.78 is 0. The fraction of sp³-hybridized carbons (Fsp3) is 0.923. The Hall–Kier alpha value is -0.0400. The number of hydrogen-bond donors (Lipinski definition) is 3. The van der Waals surface area contributed by atoms with Crippen molar-refractivity contribution in [3.63, 3.8) is 0 Å². The average Bonchev–Trinajstić information content (AvgIpc) is 2.36. The highest BCUT2D eigenvalue weighted by atomic mass is 127. The zero-order valence-electron chi connectivity index (χ0n) is 12.3. The third-order valence-electron chi connectivity index (χ3n) is 3.01. The lowest BCUT2D eigenvalue weighted by Crippen LogP contribution is -2.40. The van der Waals surface area contributed by atoms with Crippen LogP contribution < -0.4 is 10.6 Å². The molecule has 18 heavy (non-hydrogen) atoms. The van der Waals surface area contributed by atoms with Gasteiger partial charge in [0.2, 0.25) is 0 Å². The first-order valence-corrected chi connectivity index (χ1v) is 6.86. The van der Waals surface area contributed by atoms with Crippen LogP contribution in [0.5, 0.6) is 0 Å². The molecule has 0 rings (SSSR count). The Bertz CT molecular complexity index is 218. The Labute approximate surface area is 129 Å². The van der Waals surface area contributed by atoms with E-state index < -0.39 is 5.60 Å². The van der Waals surface area contributed by atoms with Crippen molar-refractivity contribution < 1.29 is 5.11 Å². The number of aliphatic imine (C=N–C) groups is 1. The summed E-state index contributed by atoms with van der Waals surface area (Å²) in [7, 11) is 0. The van der Waals surface area contributed by atoms with Gasteiger partial charge < -0.3 is 15.7 Å². The van der Waals surface area contributed by atoms with Crippen LogP contribution in [0.4, 0.5) is 0 Å². The Morgan fingerprint density at radius 3 is 2.17 bits per heavy atom. The molecule has 4 nitrogen and oxygen atoms in total. The second-order valence-corrected chi connectivity index (χ2v) is 4.41. The minimum Gasteiger partial charge on any atom is -0.388 e. The highest BCUT2D eigenvalue weighted by molar-refractivity contribution is 14.0. The molecule has 0 bridgehead atoms. The molecule has 0 unspecified atom stereocenters. The van der Waals surface area contributed by atoms with Crippen LogP contribution in [0, 0.1) is 0 Å². The molecule has 0 aromatic rings. The first kappa shape index (κ1) is 20.3. The summed E-state index contributed by atoms with van der Waals surface area (Å²) >= 11 is 0. The van der Waals surface area contributed by atoms with E-state index in [0.29, 0.717) is 6.54 Å². The zero-order valence-corrected chi connectivity index (χ0v) is 14.6. The molecule has 0 aliphatic carbocycles. The van der Waals surface area contributed by atoms with Gasteiger partial charge in [0.25, 0.3) is 0 Å². The van der Waals surface area contributed by atoms with Gasteiger partial charge in [-0.25, -0.2) is 0 Å². The van der Waals surface area contributed by atoms with E-state index in [1.165, 1.54) is 6.42 Å². The van der Waals surface area contributed by atoms with Gasteiger partial charge in [0.15, 0.2) is 5.96 Å². The monoisotopic (exact) mass is 371 g/mol. The minimum atomic E-state index is -0.660. The Balaban J connectivity index is 0. The largest absolute Gasteiger partial charge is 0.388 e. The lowest BCUT2D eigenvalue weighted by Gasteiger charge is -2.23. The third-order valence-corrected chi connectivity index (χ3v) is 3.01. The maximum absolute atomic E-state index is 10.2. The zero-order chi connectivity index (χ0) is 13.1. The van der Waals surface area contributed by atoms with Gasteiger partial charge in [-0.3, -0.25) is 4.99 Å². The van der Waals surface area contributed by atoms with Crippen LogP contribution in [0.2, 0.25) is 0 Å². The van der Waals surface area contributed by atoms with E-state index in [0.717, 1.165) is 38.3 Å². The van der Waals surface area contributed by atoms with Crippen molar-refractivity contribution in [1.82, 2.24) is 10.6 Å². The molecule has 0 spiro atoms. The van der Waals surface area contributed by atoms with Gasteiger partial charge in [-0.1, -0.05) is 27.2 Å². The van der Waals surface area contributed by atoms with Gasteiger partial charge in [0.05, 0.1) is 12.1 Å². The molecule has 0 amide bonds. The SMILES string of the molecule is CCCCNC(=NCC(O)(CC)CC)NCC.I. The van der Waals surface area contributed by atoms with Gasteiger partial charge in [-0.05, 0) is 26.2 Å². The van der Waals surface area contributed by atoms with Crippen molar-refractivity contribution in [3.8, 4) is 0 Å². The van der Waals surface area contributed by atoms with Gasteiger partial charge in [-0.2, -0.15) is 0 Å². The van der Waals surface area contributed by atoms with Crippen LogP contribution >= 0.6 is 24.0 Å². The first-order valence-electron chi connectivity index (χ1n) is 6.86. The van der Waals surface area contributed by atoms with Crippen LogP contribution in [0.1, 0.15) is 53.4 Å². The van der Waals surface area contributed by atoms with Crippen molar-refractivity contribution in [1.29, 1.82) is 0 Å². The van der Waals surface area contributed by atoms with Crippen LogP contribution in [-0.2, 0) is 0 Å². The van der Waals surface area contributed by atoms with Crippen molar-refractivity contribution in [2.75, 3.05) is 19.6 Å². The van der Waals surface area contributed by atoms with E-state index in [2.05, 4.69) is 22.5 Å². The number of unbranched alkanes of at least 4 members (excludes halogenated alkanes) is 1. The summed E-state index contributed by atoms with van der Waals surface area (Å²) in [6.07, 6.45) is 3.78. The second kappa shape index (κ2) is 12.0. The molecule has 110 valence electrons. The quantitative estimate of drug-likeness (QED) is 0.266. The van der Waals surface area contributed by atoms with E-state index in [-0.39, 0.29) is 24.0 Å². The molecule has 0 heterocycles. The molecule has 5 heteroatoms. The summed E-state index contributed by atoms with van der Waals surface area (Å²) in [5, 5.41) is 16.6. The number of halogens is 1. The highest BCUT2D eigenvalue weighted by Crippen LogP contribution is 2.14. The Morgan fingerprint density at radius 1 is 1.11 bits per heavy atom. The molecule has 0 aliphatic rings. The summed E-state index contributed by atoms with van der Waals surface area (Å²) in [6.45, 7) is 10.4. The van der Waals surface area contributed by atoms with E-state index >= 15 is 0 Å². The summed E-state index contributed by atoms with van der Waals surface area (Å²) in [5.74, 6) is 0.807. The predicted octanol–water partition coefficient (Wildman–Crippen LogP) is 2.51. The molecular formula is C13H30IN3O. The van der Waals surface area contributed by atoms with Crippen molar-refractivity contribution in [2.24, 2.45) is 4.99 Å². The molecule has 0 saturated heterocycles. The van der Waals surface area contributed by atoms with Crippen molar-refractivity contribution >= 4 is 29.9 Å². The maximum atomic E-state index is 10.2. The van der Waals surface area contributed by atoms with Crippen LogP contribution in [-0.4, -0.2) is 36.3 Å². The number of hydrogen-bond acceptors (Lipinski definition) is 2. The molecular weight excluding hydrogens is 341 g/mol. The molecule has 0 aromatic carbocycles. The van der Waals surface area contributed by atoms with Gasteiger partial charge in [0, 0.05) is 13.1 Å². The molecule has 0 aromatic heterocycles. The standard InChI is InChI=1S/C13H29N3O.HI/c1-5-9-10-15-12(14-8-4)16-11-13(17,6-2)7-3;/h17H,5-11H2,1-4H3,(H2,14,15,16);1H. The molecule has 0 radical (unpaired) electrons. The predicted molar refractivity (Wildman–Crippen MR) is 89.8 cm³/mol. The summed E-state index contributed by atoms with van der Waals surface area (Å²) in [5.41, 5.74) is -0.660. The number of nitrogens with one attached hydrogen (secondary N) is 2. The first-order chi connectivity index (χ1) is 8.11.